The number of hydrogen-bond acceptors (Lipinski definition) is 2. The number of aliphatic hydroxyl groups is 1. The van der Waals surface area contributed by atoms with Crippen LogP contribution in [-0.4, -0.2) is 23.3 Å². The van der Waals surface area contributed by atoms with Crippen LogP contribution < -0.4 is 5.32 Å². The predicted molar refractivity (Wildman–Crippen MR) is 51.3 cm³/mol. The molecule has 1 saturated heterocycles. The fourth-order valence-corrected chi connectivity index (χ4v) is 3.38. The lowest BCUT2D eigenvalue weighted by Crippen LogP contribution is -2.50. The van der Waals surface area contributed by atoms with Gasteiger partial charge in [-0.3, -0.25) is 0 Å². The zero-order chi connectivity index (χ0) is 8.89. The molecule has 4 atom stereocenters. The molecule has 0 aromatic heterocycles. The van der Waals surface area contributed by atoms with Gasteiger partial charge in [-0.05, 0) is 38.1 Å². The molecule has 72 valence electrons. The molecule has 0 radical (unpaired) electrons. The average Bonchev–Trinajstić information content (AvgIpc) is 2.79. The van der Waals surface area contributed by atoms with E-state index in [0.717, 1.165) is 19.4 Å². The van der Waals surface area contributed by atoms with E-state index in [1.807, 2.05) is 0 Å². The minimum absolute atomic E-state index is 0.368. The molecule has 0 aromatic rings. The first kappa shape index (κ1) is 8.01. The van der Waals surface area contributed by atoms with Crippen molar-refractivity contribution >= 4 is 0 Å². The summed E-state index contributed by atoms with van der Waals surface area (Å²) in [4.78, 5) is 0. The highest BCUT2D eigenvalue weighted by molar-refractivity contribution is 5.20. The minimum Gasteiger partial charge on any atom is -0.388 e. The highest BCUT2D eigenvalue weighted by Gasteiger charge is 2.52. The Kier molecular flexibility index (Phi) is 1.59. The van der Waals surface area contributed by atoms with E-state index in [0.29, 0.717) is 17.9 Å². The molecule has 1 aliphatic heterocycles. The van der Waals surface area contributed by atoms with E-state index >= 15 is 0 Å². The fourth-order valence-electron chi connectivity index (χ4n) is 3.38. The Hall–Kier alpha value is -0.340. The summed E-state index contributed by atoms with van der Waals surface area (Å²) in [6, 6.07) is 0.368. The van der Waals surface area contributed by atoms with Crippen molar-refractivity contribution in [1.82, 2.24) is 5.32 Å². The Balaban J connectivity index is 1.85. The van der Waals surface area contributed by atoms with Gasteiger partial charge in [0, 0.05) is 12.0 Å². The lowest BCUT2D eigenvalue weighted by molar-refractivity contribution is -0.0161. The summed E-state index contributed by atoms with van der Waals surface area (Å²) >= 11 is 0. The molecule has 2 bridgehead atoms. The molecule has 3 aliphatic rings. The Bertz CT molecular complexity index is 244. The van der Waals surface area contributed by atoms with Crippen LogP contribution in [0.15, 0.2) is 12.2 Å². The quantitative estimate of drug-likeness (QED) is 0.590. The van der Waals surface area contributed by atoms with Crippen LogP contribution >= 0.6 is 0 Å². The zero-order valence-corrected chi connectivity index (χ0v) is 7.87. The normalized spacial score (nSPS) is 53.5. The van der Waals surface area contributed by atoms with E-state index in [-0.39, 0.29) is 0 Å². The second kappa shape index (κ2) is 2.58. The standard InChI is InChI=1S/C11H17NO/c13-11(10-2-1-5-12-10)7-8-3-4-9(11)6-8/h3-4,8-10,12-13H,1-2,5-7H2. The van der Waals surface area contributed by atoms with Crippen molar-refractivity contribution in [2.45, 2.75) is 37.3 Å². The first-order valence-electron chi connectivity index (χ1n) is 5.43. The van der Waals surface area contributed by atoms with Crippen LogP contribution in [0.1, 0.15) is 25.7 Å². The van der Waals surface area contributed by atoms with Gasteiger partial charge in [0.2, 0.25) is 0 Å². The number of hydrogen-bond donors (Lipinski definition) is 2. The highest BCUT2D eigenvalue weighted by atomic mass is 16.3. The van der Waals surface area contributed by atoms with Crippen molar-refractivity contribution in [2.75, 3.05) is 6.54 Å². The van der Waals surface area contributed by atoms with E-state index < -0.39 is 5.60 Å². The van der Waals surface area contributed by atoms with Crippen LogP contribution in [0.25, 0.3) is 0 Å². The Morgan fingerprint density at radius 1 is 1.38 bits per heavy atom. The third-order valence-corrected chi connectivity index (χ3v) is 4.07. The van der Waals surface area contributed by atoms with Gasteiger partial charge < -0.3 is 10.4 Å². The SMILES string of the molecule is OC1(C2CCCN2)CC2C=CC1C2. The minimum atomic E-state index is -0.407. The van der Waals surface area contributed by atoms with Crippen molar-refractivity contribution < 1.29 is 5.11 Å². The Morgan fingerprint density at radius 2 is 2.31 bits per heavy atom. The van der Waals surface area contributed by atoms with Crippen molar-refractivity contribution in [3.63, 3.8) is 0 Å². The molecule has 0 amide bonds. The van der Waals surface area contributed by atoms with Crippen molar-refractivity contribution in [3.8, 4) is 0 Å². The maximum absolute atomic E-state index is 10.6. The van der Waals surface area contributed by atoms with Crippen LogP contribution in [0.3, 0.4) is 0 Å². The van der Waals surface area contributed by atoms with Crippen LogP contribution in [-0.2, 0) is 0 Å². The largest absolute Gasteiger partial charge is 0.388 e. The Morgan fingerprint density at radius 3 is 2.85 bits per heavy atom. The van der Waals surface area contributed by atoms with E-state index in [4.69, 9.17) is 0 Å². The first-order chi connectivity index (χ1) is 6.29. The Labute approximate surface area is 79.0 Å². The van der Waals surface area contributed by atoms with Crippen molar-refractivity contribution in [3.05, 3.63) is 12.2 Å². The van der Waals surface area contributed by atoms with Gasteiger partial charge in [0.1, 0.15) is 0 Å². The monoisotopic (exact) mass is 179 g/mol. The van der Waals surface area contributed by atoms with Gasteiger partial charge in [-0.1, -0.05) is 12.2 Å². The average molecular weight is 179 g/mol. The third kappa shape index (κ3) is 1.02. The maximum atomic E-state index is 10.6. The molecule has 2 N–H and O–H groups in total. The van der Waals surface area contributed by atoms with Crippen LogP contribution in [0.4, 0.5) is 0 Å². The molecule has 3 rings (SSSR count). The summed E-state index contributed by atoms with van der Waals surface area (Å²) in [5.41, 5.74) is -0.407. The van der Waals surface area contributed by atoms with E-state index in [2.05, 4.69) is 17.5 Å². The van der Waals surface area contributed by atoms with Gasteiger partial charge in [-0.2, -0.15) is 0 Å². The van der Waals surface area contributed by atoms with Crippen molar-refractivity contribution in [2.24, 2.45) is 11.8 Å². The van der Waals surface area contributed by atoms with Crippen LogP contribution in [0.2, 0.25) is 0 Å². The summed E-state index contributed by atoms with van der Waals surface area (Å²) in [5, 5.41) is 14.0. The third-order valence-electron chi connectivity index (χ3n) is 4.07. The van der Waals surface area contributed by atoms with Gasteiger partial charge >= 0.3 is 0 Å². The van der Waals surface area contributed by atoms with Crippen LogP contribution in [0.5, 0.6) is 0 Å². The molecule has 0 aromatic carbocycles. The molecule has 2 aliphatic carbocycles. The zero-order valence-electron chi connectivity index (χ0n) is 7.87. The second-order valence-electron chi connectivity index (χ2n) is 4.83. The summed E-state index contributed by atoms with van der Waals surface area (Å²) in [6.07, 6.45) is 9.09. The summed E-state index contributed by atoms with van der Waals surface area (Å²) in [5.74, 6) is 1.10. The molecule has 2 fully saturated rings. The predicted octanol–water partition coefficient (Wildman–Crippen LogP) is 1.07. The van der Waals surface area contributed by atoms with E-state index in [1.165, 1.54) is 12.8 Å². The second-order valence-corrected chi connectivity index (χ2v) is 4.83. The first-order valence-corrected chi connectivity index (χ1v) is 5.43. The van der Waals surface area contributed by atoms with Crippen molar-refractivity contribution in [1.29, 1.82) is 0 Å². The maximum Gasteiger partial charge on any atom is 0.0867 e. The number of fused-ring (bicyclic) bond motifs is 2. The summed E-state index contributed by atoms with van der Waals surface area (Å²) in [6.45, 7) is 1.09. The van der Waals surface area contributed by atoms with Gasteiger partial charge in [-0.15, -0.1) is 0 Å². The lowest BCUT2D eigenvalue weighted by atomic mass is 9.81. The molecule has 1 saturated carbocycles. The van der Waals surface area contributed by atoms with Gasteiger partial charge in [0.15, 0.2) is 0 Å². The van der Waals surface area contributed by atoms with Crippen LogP contribution in [0, 0.1) is 11.8 Å². The van der Waals surface area contributed by atoms with Gasteiger partial charge in [0.25, 0.3) is 0 Å². The number of allylic oxidation sites excluding steroid dienone is 1. The number of rotatable bonds is 1. The molecular formula is C11H17NO. The molecule has 13 heavy (non-hydrogen) atoms. The molecule has 4 unspecified atom stereocenters. The lowest BCUT2D eigenvalue weighted by Gasteiger charge is -2.35. The summed E-state index contributed by atoms with van der Waals surface area (Å²) in [7, 11) is 0. The molecule has 0 spiro atoms. The topological polar surface area (TPSA) is 32.3 Å². The fraction of sp³-hybridized carbons (Fsp3) is 0.818. The van der Waals surface area contributed by atoms with E-state index in [1.54, 1.807) is 0 Å². The van der Waals surface area contributed by atoms with Gasteiger partial charge in [-0.25, -0.2) is 0 Å². The van der Waals surface area contributed by atoms with E-state index in [9.17, 15) is 5.11 Å². The number of nitrogens with one attached hydrogen (secondary N) is 1. The summed E-state index contributed by atoms with van der Waals surface area (Å²) < 4.78 is 0. The molecule has 2 nitrogen and oxygen atoms in total. The highest BCUT2D eigenvalue weighted by Crippen LogP contribution is 2.49. The molecular weight excluding hydrogens is 162 g/mol. The smallest absolute Gasteiger partial charge is 0.0867 e. The molecule has 1 heterocycles. The molecule has 2 heteroatoms. The van der Waals surface area contributed by atoms with Gasteiger partial charge in [0.05, 0.1) is 5.60 Å².